The van der Waals surface area contributed by atoms with Crippen molar-refractivity contribution < 1.29 is 14.8 Å². The van der Waals surface area contributed by atoms with Crippen LogP contribution in [0.15, 0.2) is 18.7 Å². The fraction of sp³-hybridized carbons (Fsp3) is 0.308. The number of carbonyl (C=O) groups excluding carboxylic acids is 1. The maximum Gasteiger partial charge on any atom is 0.318 e. The molecule has 1 rings (SSSR count). The highest BCUT2D eigenvalue weighted by Crippen LogP contribution is 2.34. The number of nitrogens with zero attached hydrogens (tertiary/aromatic N) is 1. The van der Waals surface area contributed by atoms with Crippen molar-refractivity contribution in [2.45, 2.75) is 19.8 Å². The van der Waals surface area contributed by atoms with E-state index >= 15 is 0 Å². The molecule has 0 fully saturated rings. The van der Waals surface area contributed by atoms with Crippen LogP contribution >= 0.6 is 0 Å². The Bertz CT molecular complexity index is 512. The third-order valence-corrected chi connectivity index (χ3v) is 2.65. The fourth-order valence-electron chi connectivity index (χ4n) is 1.61. The van der Waals surface area contributed by atoms with Crippen molar-refractivity contribution in [1.82, 2.24) is 5.32 Å². The zero-order valence-electron chi connectivity index (χ0n) is 10.7. The van der Waals surface area contributed by atoms with Gasteiger partial charge in [0.25, 0.3) is 5.91 Å². The number of amides is 1. The average molecular weight is 264 g/mol. The molecule has 0 aliphatic rings. The molecule has 1 aromatic rings. The topological polar surface area (TPSA) is 92.5 Å². The fourth-order valence-corrected chi connectivity index (χ4v) is 1.61. The van der Waals surface area contributed by atoms with Crippen LogP contribution in [-0.2, 0) is 0 Å². The van der Waals surface area contributed by atoms with Crippen LogP contribution in [0.2, 0.25) is 0 Å². The van der Waals surface area contributed by atoms with Crippen molar-refractivity contribution in [1.29, 1.82) is 0 Å². The van der Waals surface area contributed by atoms with Gasteiger partial charge in [-0.3, -0.25) is 14.9 Å². The van der Waals surface area contributed by atoms with E-state index in [9.17, 15) is 20.0 Å². The molecule has 1 aromatic carbocycles. The Labute approximate surface area is 110 Å². The van der Waals surface area contributed by atoms with Crippen molar-refractivity contribution in [2.75, 3.05) is 6.54 Å². The van der Waals surface area contributed by atoms with Crippen molar-refractivity contribution in [2.24, 2.45) is 0 Å². The third-order valence-electron chi connectivity index (χ3n) is 2.65. The van der Waals surface area contributed by atoms with E-state index in [1.807, 2.05) is 6.92 Å². The van der Waals surface area contributed by atoms with Gasteiger partial charge < -0.3 is 10.4 Å². The minimum absolute atomic E-state index is 0.103. The van der Waals surface area contributed by atoms with Gasteiger partial charge in [-0.15, -0.1) is 0 Å². The van der Waals surface area contributed by atoms with Crippen LogP contribution in [0, 0.1) is 10.1 Å². The lowest BCUT2D eigenvalue weighted by molar-refractivity contribution is -0.386. The van der Waals surface area contributed by atoms with E-state index in [0.717, 1.165) is 12.8 Å². The normalized spacial score (nSPS) is 9.95. The Morgan fingerprint density at radius 1 is 1.58 bits per heavy atom. The van der Waals surface area contributed by atoms with Gasteiger partial charge in [0.1, 0.15) is 0 Å². The van der Waals surface area contributed by atoms with Gasteiger partial charge in [-0.2, -0.15) is 0 Å². The summed E-state index contributed by atoms with van der Waals surface area (Å²) in [6, 6.07) is 2.74. The Kier molecular flexibility index (Phi) is 5.05. The quantitative estimate of drug-likeness (QED) is 0.469. The van der Waals surface area contributed by atoms with E-state index < -0.39 is 22.3 Å². The predicted octanol–water partition coefficient (Wildman–Crippen LogP) is 2.47. The van der Waals surface area contributed by atoms with E-state index in [0.29, 0.717) is 6.54 Å². The van der Waals surface area contributed by atoms with Crippen molar-refractivity contribution in [3.05, 3.63) is 40.0 Å². The molecule has 0 atom stereocenters. The second-order valence-electron chi connectivity index (χ2n) is 3.97. The molecule has 0 aliphatic carbocycles. The van der Waals surface area contributed by atoms with E-state index in [4.69, 9.17) is 0 Å². The molecule has 0 aliphatic heterocycles. The number of nitro benzene ring substituents is 1. The summed E-state index contributed by atoms with van der Waals surface area (Å²) in [7, 11) is 0. The number of hydrogen-bond donors (Lipinski definition) is 2. The smallest absolute Gasteiger partial charge is 0.318 e. The third kappa shape index (κ3) is 3.31. The van der Waals surface area contributed by atoms with Gasteiger partial charge in [0.15, 0.2) is 0 Å². The molecule has 0 heterocycles. The van der Waals surface area contributed by atoms with Crippen LogP contribution in [-0.4, -0.2) is 22.5 Å². The van der Waals surface area contributed by atoms with Crippen LogP contribution in [0.3, 0.4) is 0 Å². The largest absolute Gasteiger partial charge is 0.502 e. The average Bonchev–Trinajstić information content (AvgIpc) is 2.37. The summed E-state index contributed by atoms with van der Waals surface area (Å²) in [6.45, 7) is 5.88. The second-order valence-corrected chi connectivity index (χ2v) is 3.97. The maximum atomic E-state index is 11.8. The number of nitrogens with one attached hydrogen (secondary N) is 1. The molecule has 0 saturated carbocycles. The Morgan fingerprint density at radius 3 is 2.79 bits per heavy atom. The summed E-state index contributed by atoms with van der Waals surface area (Å²) in [5.41, 5.74) is -0.431. The summed E-state index contributed by atoms with van der Waals surface area (Å²) < 4.78 is 0. The molecule has 0 radical (unpaired) electrons. The van der Waals surface area contributed by atoms with Gasteiger partial charge in [0.05, 0.1) is 16.1 Å². The zero-order chi connectivity index (χ0) is 14.4. The number of nitro groups is 1. The molecule has 0 unspecified atom stereocenters. The van der Waals surface area contributed by atoms with E-state index in [-0.39, 0.29) is 11.1 Å². The monoisotopic (exact) mass is 264 g/mol. The number of rotatable bonds is 6. The Balaban J connectivity index is 3.10. The molecule has 2 N–H and O–H groups in total. The van der Waals surface area contributed by atoms with Crippen molar-refractivity contribution in [3.8, 4) is 5.75 Å². The highest BCUT2D eigenvalue weighted by Gasteiger charge is 2.24. The van der Waals surface area contributed by atoms with Gasteiger partial charge in [0, 0.05) is 6.54 Å². The van der Waals surface area contributed by atoms with Gasteiger partial charge >= 0.3 is 5.69 Å². The second kappa shape index (κ2) is 6.53. The van der Waals surface area contributed by atoms with Gasteiger partial charge in [-0.05, 0) is 18.6 Å². The number of carbonyl (C=O) groups is 1. The molecule has 0 saturated heterocycles. The molecule has 102 valence electrons. The Morgan fingerprint density at radius 2 is 2.26 bits per heavy atom. The maximum absolute atomic E-state index is 11.8. The molecule has 0 bridgehead atoms. The number of phenols is 1. The molecular weight excluding hydrogens is 248 g/mol. The van der Waals surface area contributed by atoms with Gasteiger partial charge in [-0.1, -0.05) is 26.0 Å². The molecule has 1 amide bonds. The van der Waals surface area contributed by atoms with E-state index in [1.165, 1.54) is 18.2 Å². The Hall–Kier alpha value is -2.37. The number of hydrogen-bond acceptors (Lipinski definition) is 4. The van der Waals surface area contributed by atoms with Crippen LogP contribution in [0.1, 0.15) is 35.7 Å². The first kappa shape index (κ1) is 14.7. The molecule has 0 spiro atoms. The first-order valence-electron chi connectivity index (χ1n) is 5.93. The number of aromatic hydroxyl groups is 1. The van der Waals surface area contributed by atoms with Crippen LogP contribution in [0.25, 0.3) is 6.08 Å². The highest BCUT2D eigenvalue weighted by molar-refractivity contribution is 5.98. The van der Waals surface area contributed by atoms with Crippen LogP contribution < -0.4 is 5.32 Å². The van der Waals surface area contributed by atoms with Crippen molar-refractivity contribution >= 4 is 17.7 Å². The minimum Gasteiger partial charge on any atom is -0.502 e. The first-order valence-corrected chi connectivity index (χ1v) is 5.93. The number of unbranched alkanes of at least 4 members (excludes halogenated alkanes) is 1. The zero-order valence-corrected chi connectivity index (χ0v) is 10.7. The van der Waals surface area contributed by atoms with Gasteiger partial charge in [-0.25, -0.2) is 0 Å². The number of benzene rings is 1. The first-order chi connectivity index (χ1) is 9.02. The summed E-state index contributed by atoms with van der Waals surface area (Å²) in [6.07, 6.45) is 2.98. The van der Waals surface area contributed by atoms with Gasteiger partial charge in [0.2, 0.25) is 5.75 Å². The lowest BCUT2D eigenvalue weighted by Gasteiger charge is -2.08. The summed E-state index contributed by atoms with van der Waals surface area (Å²) in [5.74, 6) is -1.15. The lowest BCUT2D eigenvalue weighted by Crippen LogP contribution is -2.24. The van der Waals surface area contributed by atoms with E-state index in [1.54, 1.807) is 0 Å². The summed E-state index contributed by atoms with van der Waals surface area (Å²) >= 11 is 0. The molecule has 6 heteroatoms. The molecule has 6 nitrogen and oxygen atoms in total. The number of phenolic OH excluding ortho intramolecular Hbond substituents is 1. The highest BCUT2D eigenvalue weighted by atomic mass is 16.6. The summed E-state index contributed by atoms with van der Waals surface area (Å²) in [5, 5.41) is 23.3. The predicted molar refractivity (Wildman–Crippen MR) is 72.1 cm³/mol. The molecule has 0 aromatic heterocycles. The lowest BCUT2D eigenvalue weighted by atomic mass is 10.1. The standard InChI is InChI=1S/C13H16N2O4/c1-3-5-8-14-13(17)10-7-6-9(4-2)11(12(10)16)15(18)19/h4,6-7,16H,2-3,5,8H2,1H3,(H,14,17). The van der Waals surface area contributed by atoms with Crippen LogP contribution in [0.5, 0.6) is 5.75 Å². The SMILES string of the molecule is C=Cc1ccc(C(=O)NCCCC)c(O)c1[N+](=O)[O-]. The van der Waals surface area contributed by atoms with Crippen molar-refractivity contribution in [3.63, 3.8) is 0 Å². The molecular formula is C13H16N2O4. The minimum atomic E-state index is -0.727. The summed E-state index contributed by atoms with van der Waals surface area (Å²) in [4.78, 5) is 22.0. The molecule has 19 heavy (non-hydrogen) atoms. The van der Waals surface area contributed by atoms with E-state index in [2.05, 4.69) is 11.9 Å². The van der Waals surface area contributed by atoms with Crippen LogP contribution in [0.4, 0.5) is 5.69 Å².